The van der Waals surface area contributed by atoms with Gasteiger partial charge in [0.15, 0.2) is 0 Å². The molecular formula is C13H12N4OS. The van der Waals surface area contributed by atoms with E-state index in [0.717, 1.165) is 10.6 Å². The minimum Gasteiger partial charge on any atom is -0.299 e. The van der Waals surface area contributed by atoms with Crippen LogP contribution in [0.5, 0.6) is 0 Å². The molecule has 5 nitrogen and oxygen atoms in total. The first kappa shape index (κ1) is 13.2. The van der Waals surface area contributed by atoms with Gasteiger partial charge in [0.25, 0.3) is 0 Å². The van der Waals surface area contributed by atoms with Crippen molar-refractivity contribution in [3.63, 3.8) is 0 Å². The predicted octanol–water partition coefficient (Wildman–Crippen LogP) is 2.69. The van der Waals surface area contributed by atoms with Crippen LogP contribution in [-0.4, -0.2) is 16.1 Å². The van der Waals surface area contributed by atoms with Crippen LogP contribution in [0.1, 0.15) is 13.8 Å². The number of hydrogen-bond acceptors (Lipinski definition) is 5. The quantitative estimate of drug-likeness (QED) is 0.931. The lowest BCUT2D eigenvalue weighted by atomic mass is 9.95. The summed E-state index contributed by atoms with van der Waals surface area (Å²) in [5.74, 6) is -0.384. The normalized spacial score (nSPS) is 10.8. The largest absolute Gasteiger partial charge is 0.299 e. The molecule has 0 saturated carbocycles. The summed E-state index contributed by atoms with van der Waals surface area (Å²) in [5.41, 5.74) is -0.140. The highest BCUT2D eigenvalue weighted by Crippen LogP contribution is 2.27. The highest BCUT2D eigenvalue weighted by molar-refractivity contribution is 7.18. The Morgan fingerprint density at radius 1 is 1.32 bits per heavy atom. The van der Waals surface area contributed by atoms with E-state index in [2.05, 4.69) is 15.5 Å². The molecule has 2 rings (SSSR count). The van der Waals surface area contributed by atoms with Gasteiger partial charge in [-0.15, -0.1) is 10.2 Å². The molecule has 1 aromatic heterocycles. The zero-order valence-corrected chi connectivity index (χ0v) is 11.4. The lowest BCUT2D eigenvalue weighted by molar-refractivity contribution is -0.121. The van der Waals surface area contributed by atoms with Gasteiger partial charge in [-0.05, 0) is 13.8 Å². The van der Waals surface area contributed by atoms with E-state index in [9.17, 15) is 4.79 Å². The van der Waals surface area contributed by atoms with E-state index < -0.39 is 5.41 Å². The van der Waals surface area contributed by atoms with Crippen molar-refractivity contribution in [3.05, 3.63) is 30.3 Å². The molecule has 0 atom stereocenters. The Hall–Kier alpha value is -2.26. The first-order chi connectivity index (χ1) is 9.03. The van der Waals surface area contributed by atoms with Crippen LogP contribution in [0.4, 0.5) is 5.13 Å². The summed E-state index contributed by atoms with van der Waals surface area (Å²) in [6.07, 6.45) is 0. The fourth-order valence-electron chi connectivity index (χ4n) is 1.28. The fourth-order valence-corrected chi connectivity index (χ4v) is 2.02. The van der Waals surface area contributed by atoms with Crippen LogP contribution in [0.25, 0.3) is 10.6 Å². The summed E-state index contributed by atoms with van der Waals surface area (Å²) in [6.45, 7) is 3.11. The van der Waals surface area contributed by atoms with Gasteiger partial charge in [0.2, 0.25) is 11.0 Å². The van der Waals surface area contributed by atoms with Crippen molar-refractivity contribution in [2.24, 2.45) is 5.41 Å². The van der Waals surface area contributed by atoms with Crippen LogP contribution in [0.15, 0.2) is 30.3 Å². The van der Waals surface area contributed by atoms with Crippen molar-refractivity contribution in [1.29, 1.82) is 5.26 Å². The molecule has 0 saturated heterocycles. The van der Waals surface area contributed by atoms with Crippen LogP contribution in [0, 0.1) is 16.7 Å². The number of nitriles is 1. The molecule has 0 fully saturated rings. The molecule has 96 valence electrons. The summed E-state index contributed by atoms with van der Waals surface area (Å²) in [7, 11) is 0. The van der Waals surface area contributed by atoms with Gasteiger partial charge in [-0.25, -0.2) is 0 Å². The Bertz CT molecular complexity index is 628. The van der Waals surface area contributed by atoms with E-state index in [-0.39, 0.29) is 5.91 Å². The Morgan fingerprint density at radius 3 is 2.63 bits per heavy atom. The van der Waals surface area contributed by atoms with E-state index >= 15 is 0 Å². The standard InChI is InChI=1S/C13H12N4OS/c1-13(2,8-14)11(18)15-12-17-16-10(19-12)9-6-4-3-5-7-9/h3-7H,1-2H3,(H,15,17,18). The number of carbonyl (C=O) groups excluding carboxylic acids is 1. The Kier molecular flexibility index (Phi) is 3.58. The summed E-state index contributed by atoms with van der Waals surface area (Å²) in [4.78, 5) is 11.8. The Morgan fingerprint density at radius 2 is 2.00 bits per heavy atom. The molecule has 1 amide bonds. The summed E-state index contributed by atoms with van der Waals surface area (Å²) in [5, 5.41) is 20.5. The molecule has 0 aliphatic heterocycles. The van der Waals surface area contributed by atoms with Crippen molar-refractivity contribution in [2.45, 2.75) is 13.8 Å². The number of hydrogen-bond donors (Lipinski definition) is 1. The van der Waals surface area contributed by atoms with Gasteiger partial charge >= 0.3 is 0 Å². The molecule has 2 aromatic rings. The molecule has 6 heteroatoms. The molecule has 1 aromatic carbocycles. The molecule has 0 radical (unpaired) electrons. The highest BCUT2D eigenvalue weighted by atomic mass is 32.1. The van der Waals surface area contributed by atoms with E-state index in [4.69, 9.17) is 5.26 Å². The van der Waals surface area contributed by atoms with Crippen molar-refractivity contribution in [1.82, 2.24) is 10.2 Å². The fraction of sp³-hybridized carbons (Fsp3) is 0.231. The number of aromatic nitrogens is 2. The number of nitrogens with zero attached hydrogens (tertiary/aromatic N) is 3. The van der Waals surface area contributed by atoms with Crippen LogP contribution in [-0.2, 0) is 4.79 Å². The summed E-state index contributed by atoms with van der Waals surface area (Å²) >= 11 is 1.28. The van der Waals surface area contributed by atoms with Crippen molar-refractivity contribution < 1.29 is 4.79 Å². The van der Waals surface area contributed by atoms with Gasteiger partial charge in [0, 0.05) is 5.56 Å². The number of nitrogens with one attached hydrogen (secondary N) is 1. The van der Waals surface area contributed by atoms with Crippen LogP contribution in [0.3, 0.4) is 0 Å². The van der Waals surface area contributed by atoms with Crippen molar-refractivity contribution in [3.8, 4) is 16.6 Å². The summed E-state index contributed by atoms with van der Waals surface area (Å²) < 4.78 is 0. The van der Waals surface area contributed by atoms with E-state index in [1.807, 2.05) is 36.4 Å². The molecule has 0 aliphatic rings. The average molecular weight is 272 g/mol. The van der Waals surface area contributed by atoms with E-state index in [0.29, 0.717) is 5.13 Å². The molecular weight excluding hydrogens is 260 g/mol. The van der Waals surface area contributed by atoms with Crippen molar-refractivity contribution >= 4 is 22.4 Å². The molecule has 0 bridgehead atoms. The number of amides is 1. The van der Waals surface area contributed by atoms with Gasteiger partial charge in [0.1, 0.15) is 10.4 Å². The maximum Gasteiger partial charge on any atom is 0.246 e. The van der Waals surface area contributed by atoms with Gasteiger partial charge in [-0.3, -0.25) is 10.1 Å². The minimum absolute atomic E-state index is 0.384. The summed E-state index contributed by atoms with van der Waals surface area (Å²) in [6, 6.07) is 11.5. The second kappa shape index (κ2) is 5.16. The lowest BCUT2D eigenvalue weighted by Gasteiger charge is -2.12. The molecule has 19 heavy (non-hydrogen) atoms. The third-order valence-corrected chi connectivity index (χ3v) is 3.40. The number of anilines is 1. The monoisotopic (exact) mass is 272 g/mol. The average Bonchev–Trinajstić information content (AvgIpc) is 2.88. The lowest BCUT2D eigenvalue weighted by Crippen LogP contribution is -2.29. The second-order valence-corrected chi connectivity index (χ2v) is 5.45. The third-order valence-electron chi connectivity index (χ3n) is 2.51. The third kappa shape index (κ3) is 2.95. The second-order valence-electron chi connectivity index (χ2n) is 4.47. The number of carbonyl (C=O) groups is 1. The van der Waals surface area contributed by atoms with E-state index in [1.165, 1.54) is 11.3 Å². The molecule has 0 spiro atoms. The van der Waals surface area contributed by atoms with Crippen LogP contribution >= 0.6 is 11.3 Å². The Balaban J connectivity index is 2.15. The first-order valence-electron chi connectivity index (χ1n) is 5.64. The highest BCUT2D eigenvalue weighted by Gasteiger charge is 2.28. The zero-order valence-electron chi connectivity index (χ0n) is 10.5. The SMILES string of the molecule is CC(C)(C#N)C(=O)Nc1nnc(-c2ccccc2)s1. The van der Waals surface area contributed by atoms with Crippen LogP contribution < -0.4 is 5.32 Å². The van der Waals surface area contributed by atoms with Crippen LogP contribution in [0.2, 0.25) is 0 Å². The Labute approximate surface area is 114 Å². The smallest absolute Gasteiger partial charge is 0.246 e. The van der Waals surface area contributed by atoms with E-state index in [1.54, 1.807) is 13.8 Å². The molecule has 1 N–H and O–H groups in total. The maximum absolute atomic E-state index is 11.8. The van der Waals surface area contributed by atoms with Crippen molar-refractivity contribution in [2.75, 3.05) is 5.32 Å². The number of benzene rings is 1. The van der Waals surface area contributed by atoms with Gasteiger partial charge < -0.3 is 0 Å². The number of rotatable bonds is 3. The minimum atomic E-state index is -1.08. The van der Waals surface area contributed by atoms with Gasteiger partial charge in [-0.2, -0.15) is 5.26 Å². The topological polar surface area (TPSA) is 78.7 Å². The van der Waals surface area contributed by atoms with Gasteiger partial charge in [-0.1, -0.05) is 41.7 Å². The van der Waals surface area contributed by atoms with Gasteiger partial charge in [0.05, 0.1) is 6.07 Å². The first-order valence-corrected chi connectivity index (χ1v) is 6.46. The predicted molar refractivity (Wildman–Crippen MR) is 73.4 cm³/mol. The molecule has 0 unspecified atom stereocenters. The maximum atomic E-state index is 11.8. The molecule has 1 heterocycles. The zero-order chi connectivity index (χ0) is 13.9. The molecule has 0 aliphatic carbocycles.